The molecule has 0 fully saturated rings. The molecule has 61 heavy (non-hydrogen) atoms. The first-order chi connectivity index (χ1) is 28.9. The SMILES string of the molecule is C.CC(C)n1ccc2c1N=CCC2.CC(C)n1ccc2cccnc21.CC(C)n1cnc2c1C=NCC2.CC(C)n1cnc2c1N=CCC2.CC(C)n1cnc2cccnc21. The molecule has 0 saturated heterocycles. The van der Waals surface area contributed by atoms with Crippen LogP contribution in [0.2, 0.25) is 0 Å². The van der Waals surface area contributed by atoms with Crippen LogP contribution in [0, 0.1) is 0 Å². The number of pyridine rings is 2. The smallest absolute Gasteiger partial charge is 0.160 e. The summed E-state index contributed by atoms with van der Waals surface area (Å²) in [5, 5.41) is 1.21. The maximum atomic E-state index is 4.41. The molecule has 0 spiro atoms. The van der Waals surface area contributed by atoms with E-state index in [-0.39, 0.29) is 7.43 Å². The summed E-state index contributed by atoms with van der Waals surface area (Å²) >= 11 is 0. The summed E-state index contributed by atoms with van der Waals surface area (Å²) in [4.78, 5) is 34.5. The van der Waals surface area contributed by atoms with Crippen LogP contribution >= 0.6 is 0 Å². The molecule has 13 heteroatoms. The molecule has 0 radical (unpaired) electrons. The Labute approximate surface area is 362 Å². The lowest BCUT2D eigenvalue weighted by Crippen LogP contribution is -2.09. The molecule has 7 aromatic rings. The number of aryl methyl sites for hydroxylation is 2. The van der Waals surface area contributed by atoms with Gasteiger partial charge >= 0.3 is 0 Å². The van der Waals surface area contributed by atoms with Crippen LogP contribution in [0.15, 0.2) is 95.1 Å². The summed E-state index contributed by atoms with van der Waals surface area (Å²) in [5.41, 5.74) is 7.93. The van der Waals surface area contributed by atoms with Gasteiger partial charge in [-0.1, -0.05) is 7.43 Å². The first-order valence-electron chi connectivity index (χ1n) is 21.5. The zero-order valence-electron chi connectivity index (χ0n) is 37.2. The second-order valence-electron chi connectivity index (χ2n) is 16.6. The van der Waals surface area contributed by atoms with Gasteiger partial charge in [0.1, 0.15) is 17.0 Å². The lowest BCUT2D eigenvalue weighted by atomic mass is 10.1. The molecule has 13 nitrogen and oxygen atoms in total. The van der Waals surface area contributed by atoms with E-state index in [2.05, 4.69) is 163 Å². The van der Waals surface area contributed by atoms with Gasteiger partial charge in [-0.25, -0.2) is 34.9 Å². The van der Waals surface area contributed by atoms with Crippen LogP contribution in [0.5, 0.6) is 0 Å². The maximum absolute atomic E-state index is 4.41. The Bertz CT molecular complexity index is 2280. The van der Waals surface area contributed by atoms with Crippen LogP contribution in [-0.2, 0) is 19.3 Å². The summed E-state index contributed by atoms with van der Waals surface area (Å²) in [6.07, 6.45) is 24.7. The number of nitrogens with zero attached hydrogens (tertiary/aromatic N) is 13. The van der Waals surface area contributed by atoms with Crippen LogP contribution in [0.25, 0.3) is 22.2 Å². The number of hydrogen-bond donors (Lipinski definition) is 0. The predicted molar refractivity (Wildman–Crippen MR) is 254 cm³/mol. The van der Waals surface area contributed by atoms with E-state index in [1.54, 1.807) is 6.20 Å². The van der Waals surface area contributed by atoms with E-state index >= 15 is 0 Å². The van der Waals surface area contributed by atoms with Gasteiger partial charge in [-0.3, -0.25) is 4.99 Å². The summed E-state index contributed by atoms with van der Waals surface area (Å²) < 4.78 is 10.7. The van der Waals surface area contributed by atoms with Crippen LogP contribution in [0.1, 0.15) is 142 Å². The van der Waals surface area contributed by atoms with E-state index in [1.165, 1.54) is 22.3 Å². The Morgan fingerprint density at radius 3 is 1.80 bits per heavy atom. The van der Waals surface area contributed by atoms with Gasteiger partial charge in [-0.15, -0.1) is 0 Å². The highest BCUT2D eigenvalue weighted by molar-refractivity contribution is 5.80. The number of fused-ring (bicyclic) bond motifs is 5. The Hall–Kier alpha value is -5.98. The quantitative estimate of drug-likeness (QED) is 0.171. The fourth-order valence-corrected chi connectivity index (χ4v) is 7.18. The van der Waals surface area contributed by atoms with Crippen LogP contribution in [-0.4, -0.2) is 72.9 Å². The zero-order chi connectivity index (χ0) is 42.8. The van der Waals surface area contributed by atoms with Crippen molar-refractivity contribution in [3.8, 4) is 0 Å². The molecule has 10 heterocycles. The largest absolute Gasteiger partial charge is 0.330 e. The molecule has 3 aliphatic rings. The molecule has 0 unspecified atom stereocenters. The van der Waals surface area contributed by atoms with Crippen molar-refractivity contribution in [2.45, 2.75) is 139 Å². The van der Waals surface area contributed by atoms with Gasteiger partial charge in [-0.05, 0) is 137 Å². The van der Waals surface area contributed by atoms with Gasteiger partial charge in [-0.2, -0.15) is 0 Å². The van der Waals surface area contributed by atoms with E-state index in [9.17, 15) is 0 Å². The van der Waals surface area contributed by atoms with Crippen molar-refractivity contribution in [2.75, 3.05) is 6.54 Å². The lowest BCUT2D eigenvalue weighted by Gasteiger charge is -2.12. The van der Waals surface area contributed by atoms with Gasteiger partial charge in [0.25, 0.3) is 0 Å². The number of rotatable bonds is 5. The fraction of sp³-hybridized carbons (Fsp3) is 0.458. The Morgan fingerprint density at radius 1 is 0.508 bits per heavy atom. The number of hydrogen-bond acceptors (Lipinski definition) is 8. The third-order valence-electron chi connectivity index (χ3n) is 10.5. The molecule has 0 amide bonds. The molecule has 0 N–H and O–H groups in total. The van der Waals surface area contributed by atoms with Gasteiger partial charge in [0.05, 0.1) is 36.1 Å². The van der Waals surface area contributed by atoms with Gasteiger partial charge in [0, 0.05) is 92.0 Å². The first kappa shape index (κ1) is 46.1. The monoisotopic (exact) mass is 826 g/mol. The molecule has 0 bridgehead atoms. The van der Waals surface area contributed by atoms with Crippen molar-refractivity contribution >= 4 is 52.5 Å². The Kier molecular flexibility index (Phi) is 16.3. The number of imidazole rings is 3. The highest BCUT2D eigenvalue weighted by atomic mass is 15.2. The van der Waals surface area contributed by atoms with Crippen molar-refractivity contribution in [3.63, 3.8) is 0 Å². The minimum Gasteiger partial charge on any atom is -0.330 e. The second kappa shape index (κ2) is 21.5. The molecule has 0 saturated carbocycles. The third kappa shape index (κ3) is 11.2. The third-order valence-corrected chi connectivity index (χ3v) is 10.5. The number of aromatic nitrogens is 10. The lowest BCUT2D eigenvalue weighted by molar-refractivity contribution is 0.595. The molecular formula is C48H67N13. The van der Waals surface area contributed by atoms with Crippen LogP contribution in [0.3, 0.4) is 0 Å². The topological polar surface area (TPSA) is 126 Å². The average Bonchev–Trinajstić information content (AvgIpc) is 4.10. The molecular weight excluding hydrogens is 759 g/mol. The predicted octanol–water partition coefficient (Wildman–Crippen LogP) is 11.5. The van der Waals surface area contributed by atoms with Crippen molar-refractivity contribution < 1.29 is 0 Å². The summed E-state index contributed by atoms with van der Waals surface area (Å²) in [7, 11) is 0. The van der Waals surface area contributed by atoms with E-state index < -0.39 is 0 Å². The second-order valence-corrected chi connectivity index (χ2v) is 16.6. The molecule has 0 aromatic carbocycles. The zero-order valence-corrected chi connectivity index (χ0v) is 37.2. The Balaban J connectivity index is 0.000000144. The van der Waals surface area contributed by atoms with E-state index in [1.807, 2.05) is 62.0 Å². The van der Waals surface area contributed by atoms with Crippen molar-refractivity contribution in [1.82, 2.24) is 47.8 Å². The normalized spacial score (nSPS) is 13.4. The summed E-state index contributed by atoms with van der Waals surface area (Å²) in [5.74, 6) is 2.22. The molecule has 0 atom stereocenters. The molecule has 324 valence electrons. The van der Waals surface area contributed by atoms with E-state index in [4.69, 9.17) is 0 Å². The van der Waals surface area contributed by atoms with Gasteiger partial charge in [0.15, 0.2) is 11.5 Å². The highest BCUT2D eigenvalue weighted by Crippen LogP contribution is 2.28. The van der Waals surface area contributed by atoms with Gasteiger partial charge in [0.2, 0.25) is 0 Å². The number of aliphatic imine (C=N–C) groups is 3. The summed E-state index contributed by atoms with van der Waals surface area (Å²) in [6.45, 7) is 22.4. The maximum Gasteiger partial charge on any atom is 0.160 e. The summed E-state index contributed by atoms with van der Waals surface area (Å²) in [6, 6.07) is 14.6. The van der Waals surface area contributed by atoms with E-state index in [0.717, 1.165) is 72.8 Å². The average molecular weight is 826 g/mol. The Morgan fingerprint density at radius 2 is 1.10 bits per heavy atom. The van der Waals surface area contributed by atoms with Crippen molar-refractivity contribution in [2.24, 2.45) is 15.0 Å². The molecule has 10 rings (SSSR count). The van der Waals surface area contributed by atoms with Crippen molar-refractivity contribution in [1.29, 1.82) is 0 Å². The minimum absolute atomic E-state index is 0. The first-order valence-corrected chi connectivity index (χ1v) is 21.5. The van der Waals surface area contributed by atoms with Gasteiger partial charge < -0.3 is 22.8 Å². The fourth-order valence-electron chi connectivity index (χ4n) is 7.18. The highest BCUT2D eigenvalue weighted by Gasteiger charge is 2.15. The van der Waals surface area contributed by atoms with Crippen LogP contribution < -0.4 is 0 Å². The van der Waals surface area contributed by atoms with Crippen LogP contribution in [0.4, 0.5) is 11.6 Å². The standard InChI is InChI=1S/C10H14N2.C10H12N2.2C9H13N3.C9H11N3.CH4/c2*1-8(2)12-7-5-9-4-3-6-11-10(9)12;1-7(2)12-6-11-8-3-4-10-5-9(8)12;2*1-7(2)12-6-11-8-4-3-5-10-9(8)12;/h5-8H,3-4H2,1-2H3;3-8H,1-2H3;2*5-7H,3-4H2,1-2H3;3-7H,1-2H3;1H4. The molecule has 0 aliphatic carbocycles. The molecule has 7 aromatic heterocycles. The molecule has 3 aliphatic heterocycles. The minimum atomic E-state index is 0. The van der Waals surface area contributed by atoms with Crippen molar-refractivity contribution in [3.05, 3.63) is 103 Å². The van der Waals surface area contributed by atoms with E-state index in [0.29, 0.717) is 30.2 Å².